The molecule has 1 saturated heterocycles. The number of nitrogens with zero attached hydrogens (tertiary/aromatic N) is 1. The molecule has 0 atom stereocenters. The van der Waals surface area contributed by atoms with Gasteiger partial charge in [0.15, 0.2) is 0 Å². The first-order valence-electron chi connectivity index (χ1n) is 6.87. The lowest BCUT2D eigenvalue weighted by Crippen LogP contribution is -2.56. The van der Waals surface area contributed by atoms with Gasteiger partial charge in [0.25, 0.3) is 0 Å². The maximum absolute atomic E-state index is 12.1. The number of ether oxygens (including phenoxy) is 1. The Bertz CT molecular complexity index is 499. The number of likely N-dealkylation sites (tertiary alicyclic amines) is 1. The fourth-order valence-corrected chi connectivity index (χ4v) is 2.28. The third-order valence-electron chi connectivity index (χ3n) is 3.16. The minimum Gasteiger partial charge on any atom is -0.369 e. The number of hydrogen-bond acceptors (Lipinski definition) is 3. The van der Waals surface area contributed by atoms with Gasteiger partial charge in [-0.25, -0.2) is 0 Å². The van der Waals surface area contributed by atoms with Crippen LogP contribution < -0.4 is 0 Å². The molecule has 0 saturated carbocycles. The molecular formula is C16H21NO3. The standard InChI is InChI=1S/C16H21NO3/c1-16(2,3)20-14-9-17(10-14)15(19)8-12-5-4-6-13(7-12)11-18/h4-7,11,14H,8-10H2,1-3H3. The monoisotopic (exact) mass is 275 g/mol. The summed E-state index contributed by atoms with van der Waals surface area (Å²) in [6.07, 6.45) is 1.27. The van der Waals surface area contributed by atoms with E-state index in [1.807, 2.05) is 26.8 Å². The third kappa shape index (κ3) is 3.90. The van der Waals surface area contributed by atoms with Crippen molar-refractivity contribution in [2.24, 2.45) is 0 Å². The minimum atomic E-state index is -0.169. The van der Waals surface area contributed by atoms with Gasteiger partial charge in [0.1, 0.15) is 6.29 Å². The summed E-state index contributed by atoms with van der Waals surface area (Å²) in [6.45, 7) is 7.36. The number of carbonyl (C=O) groups excluding carboxylic acids is 2. The van der Waals surface area contributed by atoms with E-state index in [9.17, 15) is 9.59 Å². The molecule has 1 heterocycles. The molecule has 4 nitrogen and oxygen atoms in total. The van der Waals surface area contributed by atoms with Crippen molar-refractivity contribution in [2.45, 2.75) is 38.9 Å². The predicted molar refractivity (Wildman–Crippen MR) is 76.7 cm³/mol. The number of rotatable bonds is 4. The van der Waals surface area contributed by atoms with Crippen molar-refractivity contribution in [3.05, 3.63) is 35.4 Å². The van der Waals surface area contributed by atoms with E-state index in [2.05, 4.69) is 0 Å². The van der Waals surface area contributed by atoms with E-state index >= 15 is 0 Å². The molecule has 0 aliphatic carbocycles. The van der Waals surface area contributed by atoms with Crippen LogP contribution in [0.25, 0.3) is 0 Å². The first kappa shape index (κ1) is 14.7. The van der Waals surface area contributed by atoms with Gasteiger partial charge in [0.05, 0.1) is 18.1 Å². The normalized spacial score (nSPS) is 15.8. The van der Waals surface area contributed by atoms with Gasteiger partial charge >= 0.3 is 0 Å². The molecule has 1 fully saturated rings. The predicted octanol–water partition coefficient (Wildman–Crippen LogP) is 2.07. The summed E-state index contributed by atoms with van der Waals surface area (Å²) in [7, 11) is 0. The van der Waals surface area contributed by atoms with Crippen molar-refractivity contribution < 1.29 is 14.3 Å². The van der Waals surface area contributed by atoms with E-state index in [0.29, 0.717) is 25.1 Å². The SMILES string of the molecule is CC(C)(C)OC1CN(C(=O)Cc2cccc(C=O)c2)C1. The van der Waals surface area contributed by atoms with E-state index in [1.165, 1.54) is 0 Å². The second-order valence-electron chi connectivity index (χ2n) is 6.19. The van der Waals surface area contributed by atoms with Crippen LogP contribution in [0.3, 0.4) is 0 Å². The topological polar surface area (TPSA) is 46.6 Å². The van der Waals surface area contributed by atoms with Crippen molar-refractivity contribution in [2.75, 3.05) is 13.1 Å². The van der Waals surface area contributed by atoms with Gasteiger partial charge in [-0.1, -0.05) is 18.2 Å². The summed E-state index contributed by atoms with van der Waals surface area (Å²) in [5.74, 6) is 0.0850. The Morgan fingerprint density at radius 2 is 2.10 bits per heavy atom. The second kappa shape index (κ2) is 5.75. The molecule has 1 aromatic carbocycles. The van der Waals surface area contributed by atoms with Crippen molar-refractivity contribution in [3.8, 4) is 0 Å². The number of amides is 1. The van der Waals surface area contributed by atoms with Gasteiger partial charge in [0.2, 0.25) is 5.91 Å². The molecule has 4 heteroatoms. The van der Waals surface area contributed by atoms with Crippen LogP contribution >= 0.6 is 0 Å². The Morgan fingerprint density at radius 1 is 1.40 bits per heavy atom. The van der Waals surface area contributed by atoms with Crippen molar-refractivity contribution in [1.82, 2.24) is 4.90 Å². The largest absolute Gasteiger partial charge is 0.369 e. The van der Waals surface area contributed by atoms with Crippen LogP contribution in [0.15, 0.2) is 24.3 Å². The first-order chi connectivity index (χ1) is 9.37. The Labute approximate surface area is 119 Å². The quantitative estimate of drug-likeness (QED) is 0.790. The van der Waals surface area contributed by atoms with E-state index in [4.69, 9.17) is 4.74 Å². The maximum atomic E-state index is 12.1. The highest BCUT2D eigenvalue weighted by Crippen LogP contribution is 2.20. The molecule has 0 spiro atoms. The van der Waals surface area contributed by atoms with Gasteiger partial charge in [-0.05, 0) is 32.4 Å². The van der Waals surface area contributed by atoms with E-state index in [0.717, 1.165) is 11.8 Å². The van der Waals surface area contributed by atoms with Crippen LogP contribution in [-0.4, -0.2) is 41.9 Å². The number of aldehydes is 1. The molecule has 0 bridgehead atoms. The molecule has 0 N–H and O–H groups in total. The van der Waals surface area contributed by atoms with E-state index in [1.54, 1.807) is 23.1 Å². The fraction of sp³-hybridized carbons (Fsp3) is 0.500. The summed E-state index contributed by atoms with van der Waals surface area (Å²) >= 11 is 0. The minimum absolute atomic E-state index is 0.0850. The first-order valence-corrected chi connectivity index (χ1v) is 6.87. The molecule has 2 rings (SSSR count). The van der Waals surface area contributed by atoms with Crippen molar-refractivity contribution in [1.29, 1.82) is 0 Å². The lowest BCUT2D eigenvalue weighted by molar-refractivity contribution is -0.156. The average molecular weight is 275 g/mol. The number of benzene rings is 1. The summed E-state index contributed by atoms with van der Waals surface area (Å²) in [6, 6.07) is 7.16. The Kier molecular flexibility index (Phi) is 4.23. The lowest BCUT2D eigenvalue weighted by atomic mass is 10.1. The lowest BCUT2D eigenvalue weighted by Gasteiger charge is -2.42. The van der Waals surface area contributed by atoms with Crippen LogP contribution in [-0.2, 0) is 16.0 Å². The van der Waals surface area contributed by atoms with Crippen LogP contribution in [0.1, 0.15) is 36.7 Å². The Balaban J connectivity index is 1.84. The molecule has 108 valence electrons. The van der Waals surface area contributed by atoms with Gasteiger partial charge in [0, 0.05) is 18.7 Å². The molecule has 0 radical (unpaired) electrons. The van der Waals surface area contributed by atoms with Crippen LogP contribution in [0.2, 0.25) is 0 Å². The zero-order valence-electron chi connectivity index (χ0n) is 12.3. The summed E-state index contributed by atoms with van der Waals surface area (Å²) in [4.78, 5) is 24.6. The maximum Gasteiger partial charge on any atom is 0.227 e. The number of hydrogen-bond donors (Lipinski definition) is 0. The highest BCUT2D eigenvalue weighted by atomic mass is 16.5. The summed E-state index contributed by atoms with van der Waals surface area (Å²) in [5, 5.41) is 0. The highest BCUT2D eigenvalue weighted by molar-refractivity contribution is 5.81. The molecule has 1 aromatic rings. The number of carbonyl (C=O) groups is 2. The third-order valence-corrected chi connectivity index (χ3v) is 3.16. The fourth-order valence-electron chi connectivity index (χ4n) is 2.28. The molecule has 1 aliphatic rings. The zero-order valence-corrected chi connectivity index (χ0v) is 12.3. The van der Waals surface area contributed by atoms with Crippen LogP contribution in [0.5, 0.6) is 0 Å². The van der Waals surface area contributed by atoms with Crippen molar-refractivity contribution >= 4 is 12.2 Å². The molecule has 0 aromatic heterocycles. The second-order valence-corrected chi connectivity index (χ2v) is 6.19. The Morgan fingerprint density at radius 3 is 2.70 bits per heavy atom. The summed E-state index contributed by atoms with van der Waals surface area (Å²) in [5.41, 5.74) is 1.31. The van der Waals surface area contributed by atoms with E-state index in [-0.39, 0.29) is 17.6 Å². The zero-order chi connectivity index (χ0) is 14.8. The molecular weight excluding hydrogens is 254 g/mol. The molecule has 1 amide bonds. The smallest absolute Gasteiger partial charge is 0.227 e. The van der Waals surface area contributed by atoms with Crippen molar-refractivity contribution in [3.63, 3.8) is 0 Å². The summed E-state index contributed by atoms with van der Waals surface area (Å²) < 4.78 is 5.80. The highest BCUT2D eigenvalue weighted by Gasteiger charge is 2.33. The molecule has 0 unspecified atom stereocenters. The molecule has 1 aliphatic heterocycles. The van der Waals surface area contributed by atoms with Crippen LogP contribution in [0.4, 0.5) is 0 Å². The Hall–Kier alpha value is -1.68. The van der Waals surface area contributed by atoms with Gasteiger partial charge < -0.3 is 9.64 Å². The van der Waals surface area contributed by atoms with E-state index < -0.39 is 0 Å². The van der Waals surface area contributed by atoms with Gasteiger partial charge in [-0.15, -0.1) is 0 Å². The van der Waals surface area contributed by atoms with Gasteiger partial charge in [-0.3, -0.25) is 9.59 Å². The average Bonchev–Trinajstić information content (AvgIpc) is 2.32. The van der Waals surface area contributed by atoms with Gasteiger partial charge in [-0.2, -0.15) is 0 Å². The van der Waals surface area contributed by atoms with Crippen LogP contribution in [0, 0.1) is 0 Å². The molecule has 20 heavy (non-hydrogen) atoms.